The van der Waals surface area contributed by atoms with Crippen molar-refractivity contribution < 1.29 is 23.8 Å². The molecule has 2 atom stereocenters. The number of aliphatic hydroxyl groups excluding tert-OH is 1. The lowest BCUT2D eigenvalue weighted by molar-refractivity contribution is -0.140. The lowest BCUT2D eigenvalue weighted by Crippen LogP contribution is -2.31. The average molecular weight is 461 g/mol. The van der Waals surface area contributed by atoms with Crippen molar-refractivity contribution in [2.24, 2.45) is 0 Å². The standard InChI is InChI=1S/C26H24FN3O4/c1-16-13-18-14-17(7-8-21(18)34-16)24(31)22-23(19-5-2-3-6-20(19)27)30(26(33)25(22)32)11-4-10-29-12-9-28-15-29/h2-3,5-9,12,14-16,23,31H,4,10-11,13H2,1H3/b24-22+/t16-,23-/m0/s1. The molecule has 174 valence electrons. The second-order valence-electron chi connectivity index (χ2n) is 8.62. The van der Waals surface area contributed by atoms with Crippen molar-refractivity contribution >= 4 is 17.4 Å². The summed E-state index contributed by atoms with van der Waals surface area (Å²) in [6.07, 6.45) is 6.36. The number of Topliss-reactive ketones (excluding diaryl/α,β-unsaturated/α-hetero) is 1. The summed E-state index contributed by atoms with van der Waals surface area (Å²) in [7, 11) is 0. The third-order valence-electron chi connectivity index (χ3n) is 6.28. The van der Waals surface area contributed by atoms with Crippen molar-refractivity contribution in [3.8, 4) is 5.75 Å². The smallest absolute Gasteiger partial charge is 0.295 e. The number of benzene rings is 2. The van der Waals surface area contributed by atoms with Gasteiger partial charge < -0.3 is 19.3 Å². The molecule has 0 bridgehead atoms. The molecular weight excluding hydrogens is 437 g/mol. The van der Waals surface area contributed by atoms with Crippen LogP contribution in [0.3, 0.4) is 0 Å². The minimum atomic E-state index is -1.02. The van der Waals surface area contributed by atoms with E-state index in [1.54, 1.807) is 55.1 Å². The topological polar surface area (TPSA) is 84.7 Å². The second kappa shape index (κ2) is 8.78. The van der Waals surface area contributed by atoms with Gasteiger partial charge in [-0.2, -0.15) is 0 Å². The van der Waals surface area contributed by atoms with Crippen LogP contribution in [0.15, 0.2) is 66.8 Å². The number of carbonyl (C=O) groups is 2. The number of amides is 1. The number of nitrogens with zero attached hydrogens (tertiary/aromatic N) is 3. The van der Waals surface area contributed by atoms with Gasteiger partial charge in [0.1, 0.15) is 23.4 Å². The zero-order chi connectivity index (χ0) is 23.8. The molecule has 0 saturated carbocycles. The Morgan fingerprint density at radius 1 is 1.21 bits per heavy atom. The SMILES string of the molecule is C[C@H]1Cc2cc(/C(O)=C3\C(=O)C(=O)N(CCCn4ccnc4)[C@H]3c3ccccc3F)ccc2O1. The van der Waals surface area contributed by atoms with E-state index < -0.39 is 23.5 Å². The molecule has 2 aliphatic rings. The number of aryl methyl sites for hydroxylation is 1. The Bertz CT molecular complexity index is 1280. The molecule has 1 amide bonds. The van der Waals surface area contributed by atoms with Crippen LogP contribution in [0, 0.1) is 5.82 Å². The Kier molecular flexibility index (Phi) is 5.65. The summed E-state index contributed by atoms with van der Waals surface area (Å²) in [4.78, 5) is 31.5. The number of imidazole rings is 1. The highest BCUT2D eigenvalue weighted by Crippen LogP contribution is 2.41. The van der Waals surface area contributed by atoms with E-state index in [4.69, 9.17) is 4.74 Å². The molecule has 8 heteroatoms. The summed E-state index contributed by atoms with van der Waals surface area (Å²) in [5.41, 5.74) is 1.37. The van der Waals surface area contributed by atoms with Crippen LogP contribution in [0.25, 0.3) is 5.76 Å². The normalized spacial score (nSPS) is 21.1. The third-order valence-corrected chi connectivity index (χ3v) is 6.28. The maximum Gasteiger partial charge on any atom is 0.295 e. The number of hydrogen-bond donors (Lipinski definition) is 1. The monoisotopic (exact) mass is 461 g/mol. The van der Waals surface area contributed by atoms with Crippen LogP contribution in [0.4, 0.5) is 4.39 Å². The molecule has 0 radical (unpaired) electrons. The van der Waals surface area contributed by atoms with Gasteiger partial charge in [0.15, 0.2) is 0 Å². The number of aliphatic hydroxyl groups is 1. The summed E-state index contributed by atoms with van der Waals surface area (Å²) < 4.78 is 22.5. The minimum absolute atomic E-state index is 0.0203. The fourth-order valence-corrected chi connectivity index (χ4v) is 4.70. The average Bonchev–Trinajstić information content (AvgIpc) is 3.53. The van der Waals surface area contributed by atoms with Gasteiger partial charge >= 0.3 is 0 Å². The van der Waals surface area contributed by atoms with Gasteiger partial charge in [-0.15, -0.1) is 0 Å². The fraction of sp³-hybridized carbons (Fsp3) is 0.269. The third kappa shape index (κ3) is 3.85. The van der Waals surface area contributed by atoms with Crippen LogP contribution in [0.2, 0.25) is 0 Å². The van der Waals surface area contributed by atoms with Gasteiger partial charge in [0, 0.05) is 43.0 Å². The summed E-state index contributed by atoms with van der Waals surface area (Å²) in [6, 6.07) is 10.2. The molecule has 3 aromatic rings. The van der Waals surface area contributed by atoms with Crippen LogP contribution in [-0.4, -0.2) is 43.9 Å². The first kappa shape index (κ1) is 21.9. The van der Waals surface area contributed by atoms with Crippen molar-refractivity contribution in [3.05, 3.63) is 89.3 Å². The van der Waals surface area contributed by atoms with Crippen LogP contribution < -0.4 is 4.74 Å². The molecule has 2 aromatic carbocycles. The van der Waals surface area contributed by atoms with Crippen LogP contribution in [0.5, 0.6) is 5.75 Å². The minimum Gasteiger partial charge on any atom is -0.507 e. The molecule has 1 N–H and O–H groups in total. The first-order chi connectivity index (χ1) is 16.4. The molecule has 0 aliphatic carbocycles. The zero-order valence-electron chi connectivity index (χ0n) is 18.6. The number of aromatic nitrogens is 2. The van der Waals surface area contributed by atoms with E-state index in [0.717, 1.165) is 11.3 Å². The Hall–Kier alpha value is -3.94. The quantitative estimate of drug-likeness (QED) is 0.342. The van der Waals surface area contributed by atoms with Gasteiger partial charge in [-0.3, -0.25) is 9.59 Å². The van der Waals surface area contributed by atoms with E-state index in [-0.39, 0.29) is 29.5 Å². The van der Waals surface area contributed by atoms with Gasteiger partial charge in [0.25, 0.3) is 11.7 Å². The Morgan fingerprint density at radius 2 is 2.03 bits per heavy atom. The highest BCUT2D eigenvalue weighted by atomic mass is 19.1. The number of ether oxygens (including phenoxy) is 1. The molecule has 2 aliphatic heterocycles. The lowest BCUT2D eigenvalue weighted by Gasteiger charge is -2.25. The van der Waals surface area contributed by atoms with Crippen LogP contribution in [-0.2, 0) is 22.6 Å². The van der Waals surface area contributed by atoms with Gasteiger partial charge in [-0.1, -0.05) is 18.2 Å². The van der Waals surface area contributed by atoms with E-state index in [1.165, 1.54) is 11.0 Å². The van der Waals surface area contributed by atoms with Gasteiger partial charge in [0.2, 0.25) is 0 Å². The number of rotatable bonds is 6. The zero-order valence-corrected chi connectivity index (χ0v) is 18.6. The maximum absolute atomic E-state index is 14.9. The number of hydrogen-bond acceptors (Lipinski definition) is 5. The van der Waals surface area contributed by atoms with Crippen molar-refractivity contribution in [2.75, 3.05) is 6.54 Å². The molecule has 7 nitrogen and oxygen atoms in total. The highest BCUT2D eigenvalue weighted by Gasteiger charge is 2.46. The fourth-order valence-electron chi connectivity index (χ4n) is 4.70. The summed E-state index contributed by atoms with van der Waals surface area (Å²) in [5.74, 6) is -1.70. The Balaban J connectivity index is 1.54. The summed E-state index contributed by atoms with van der Waals surface area (Å²) in [6.45, 7) is 2.75. The molecule has 3 heterocycles. The molecule has 1 fully saturated rings. The predicted molar refractivity (Wildman–Crippen MR) is 122 cm³/mol. The summed E-state index contributed by atoms with van der Waals surface area (Å²) >= 11 is 0. The van der Waals surface area contributed by atoms with E-state index in [9.17, 15) is 19.1 Å². The number of halogens is 1. The van der Waals surface area contributed by atoms with E-state index in [0.29, 0.717) is 24.9 Å². The Labute approximate surface area is 196 Å². The Morgan fingerprint density at radius 3 is 2.79 bits per heavy atom. The van der Waals surface area contributed by atoms with E-state index in [2.05, 4.69) is 4.98 Å². The molecule has 34 heavy (non-hydrogen) atoms. The molecule has 0 unspecified atom stereocenters. The lowest BCUT2D eigenvalue weighted by atomic mass is 9.94. The molecule has 1 aromatic heterocycles. The highest BCUT2D eigenvalue weighted by molar-refractivity contribution is 6.46. The van der Waals surface area contributed by atoms with Crippen molar-refractivity contribution in [3.63, 3.8) is 0 Å². The first-order valence-corrected chi connectivity index (χ1v) is 11.2. The first-order valence-electron chi connectivity index (χ1n) is 11.2. The molecular formula is C26H24FN3O4. The molecule has 0 spiro atoms. The van der Waals surface area contributed by atoms with E-state index in [1.807, 2.05) is 11.5 Å². The maximum atomic E-state index is 14.9. The largest absolute Gasteiger partial charge is 0.507 e. The van der Waals surface area contributed by atoms with E-state index >= 15 is 0 Å². The molecule has 1 saturated heterocycles. The number of carbonyl (C=O) groups excluding carboxylic acids is 2. The van der Waals surface area contributed by atoms with Crippen LogP contribution >= 0.6 is 0 Å². The van der Waals surface area contributed by atoms with Crippen molar-refractivity contribution in [1.29, 1.82) is 0 Å². The predicted octanol–water partition coefficient (Wildman–Crippen LogP) is 3.86. The number of ketones is 1. The number of fused-ring (bicyclic) bond motifs is 1. The van der Waals surface area contributed by atoms with Gasteiger partial charge in [-0.25, -0.2) is 9.37 Å². The second-order valence-corrected chi connectivity index (χ2v) is 8.62. The van der Waals surface area contributed by atoms with Crippen LogP contribution in [0.1, 0.15) is 36.1 Å². The number of likely N-dealkylation sites (tertiary alicyclic amines) is 1. The van der Waals surface area contributed by atoms with Crippen molar-refractivity contribution in [1.82, 2.24) is 14.5 Å². The van der Waals surface area contributed by atoms with Crippen molar-refractivity contribution in [2.45, 2.75) is 38.5 Å². The van der Waals surface area contributed by atoms with Gasteiger partial charge in [0.05, 0.1) is 17.9 Å². The molecule has 5 rings (SSSR count). The van der Waals surface area contributed by atoms with Gasteiger partial charge in [-0.05, 0) is 43.2 Å². The summed E-state index contributed by atoms with van der Waals surface area (Å²) in [5, 5.41) is 11.2.